The van der Waals surface area contributed by atoms with Crippen LogP contribution in [0.15, 0.2) is 12.3 Å². The molecule has 0 saturated heterocycles. The molecule has 0 unspecified atom stereocenters. The van der Waals surface area contributed by atoms with Crippen LogP contribution in [0.2, 0.25) is 0 Å². The molecule has 0 aliphatic rings. The molecule has 0 aliphatic heterocycles. The van der Waals surface area contributed by atoms with Gasteiger partial charge in [0.2, 0.25) is 0 Å². The van der Waals surface area contributed by atoms with Crippen LogP contribution < -0.4 is 0 Å². The minimum atomic E-state index is -4.77. The van der Waals surface area contributed by atoms with Gasteiger partial charge in [-0.05, 0) is 13.0 Å². The molecule has 0 bridgehead atoms. The molecule has 1 rings (SSSR count). The zero-order chi connectivity index (χ0) is 12.3. The third-order valence-electron chi connectivity index (χ3n) is 1.65. The van der Waals surface area contributed by atoms with Crippen LogP contribution in [0.25, 0.3) is 0 Å². The molecular weight excluding hydrogens is 227 g/mol. The van der Waals surface area contributed by atoms with E-state index in [1.54, 1.807) is 0 Å². The second-order valence-electron chi connectivity index (χ2n) is 2.81. The van der Waals surface area contributed by atoms with E-state index in [1.807, 2.05) is 0 Å². The lowest BCUT2D eigenvalue weighted by atomic mass is 10.2. The molecule has 0 saturated carbocycles. The number of halogens is 3. The maximum Gasteiger partial charge on any atom is 0.418 e. The van der Waals surface area contributed by atoms with E-state index in [2.05, 4.69) is 9.72 Å². The summed E-state index contributed by atoms with van der Waals surface area (Å²) in [6, 6.07) is 0.430. The smallest absolute Gasteiger partial charge is 0.418 e. The molecule has 4 nitrogen and oxygen atoms in total. The van der Waals surface area contributed by atoms with Crippen molar-refractivity contribution in [1.82, 2.24) is 4.98 Å². The number of ether oxygens (including phenoxy) is 1. The van der Waals surface area contributed by atoms with E-state index in [0.29, 0.717) is 6.07 Å². The maximum absolute atomic E-state index is 12.5. The van der Waals surface area contributed by atoms with Gasteiger partial charge in [-0.15, -0.1) is 0 Å². The maximum atomic E-state index is 12.5. The molecule has 0 spiro atoms. The summed E-state index contributed by atoms with van der Waals surface area (Å²) in [7, 11) is 0. The zero-order valence-corrected chi connectivity index (χ0v) is 8.21. The van der Waals surface area contributed by atoms with E-state index in [0.717, 1.165) is 6.20 Å². The van der Waals surface area contributed by atoms with Crippen molar-refractivity contribution >= 4 is 5.97 Å². The molecule has 7 heteroatoms. The van der Waals surface area contributed by atoms with Crippen molar-refractivity contribution in [2.24, 2.45) is 0 Å². The molecule has 1 aromatic heterocycles. The van der Waals surface area contributed by atoms with Gasteiger partial charge in [-0.1, -0.05) is 0 Å². The summed E-state index contributed by atoms with van der Waals surface area (Å²) >= 11 is 0. The first-order valence-electron chi connectivity index (χ1n) is 4.29. The van der Waals surface area contributed by atoms with Crippen molar-refractivity contribution in [2.45, 2.75) is 13.1 Å². The first-order chi connectivity index (χ1) is 7.36. The first-order valence-corrected chi connectivity index (χ1v) is 4.29. The van der Waals surface area contributed by atoms with Crippen LogP contribution in [-0.4, -0.2) is 22.7 Å². The molecule has 88 valence electrons. The quantitative estimate of drug-likeness (QED) is 0.796. The van der Waals surface area contributed by atoms with Gasteiger partial charge in [0.05, 0.1) is 18.4 Å². The fourth-order valence-electron chi connectivity index (χ4n) is 1.03. The third kappa shape index (κ3) is 2.62. The Labute approximate surface area is 88.7 Å². The van der Waals surface area contributed by atoms with Gasteiger partial charge in [-0.3, -0.25) is 0 Å². The van der Waals surface area contributed by atoms with Crippen molar-refractivity contribution in [3.05, 3.63) is 23.5 Å². The molecule has 1 heterocycles. The fraction of sp³-hybridized carbons (Fsp3) is 0.333. The molecule has 0 atom stereocenters. The molecule has 0 aromatic carbocycles. The zero-order valence-electron chi connectivity index (χ0n) is 8.21. The second kappa shape index (κ2) is 4.38. The third-order valence-corrected chi connectivity index (χ3v) is 1.65. The van der Waals surface area contributed by atoms with Gasteiger partial charge in [-0.2, -0.15) is 13.2 Å². The number of hydrogen-bond acceptors (Lipinski definition) is 4. The van der Waals surface area contributed by atoms with Crippen LogP contribution in [0.4, 0.5) is 13.2 Å². The Bertz CT molecular complexity index is 403. The Kier molecular flexibility index (Phi) is 3.36. The van der Waals surface area contributed by atoms with E-state index in [-0.39, 0.29) is 6.61 Å². The summed E-state index contributed by atoms with van der Waals surface area (Å²) in [6.45, 7) is 1.41. The predicted molar refractivity (Wildman–Crippen MR) is 46.9 cm³/mol. The van der Waals surface area contributed by atoms with E-state index in [4.69, 9.17) is 5.11 Å². The lowest BCUT2D eigenvalue weighted by Crippen LogP contribution is -2.16. The minimum absolute atomic E-state index is 0.0569. The molecule has 16 heavy (non-hydrogen) atoms. The number of esters is 1. The van der Waals surface area contributed by atoms with Gasteiger partial charge in [0.15, 0.2) is 5.69 Å². The highest BCUT2D eigenvalue weighted by atomic mass is 19.4. The highest BCUT2D eigenvalue weighted by Crippen LogP contribution is 2.33. The van der Waals surface area contributed by atoms with Gasteiger partial charge >= 0.3 is 12.1 Å². The molecule has 0 radical (unpaired) electrons. The number of carbonyl (C=O) groups excluding carboxylic acids is 1. The fourth-order valence-corrected chi connectivity index (χ4v) is 1.03. The molecule has 0 fully saturated rings. The van der Waals surface area contributed by atoms with Gasteiger partial charge < -0.3 is 9.84 Å². The number of rotatable bonds is 2. The van der Waals surface area contributed by atoms with Gasteiger partial charge in [-0.25, -0.2) is 9.78 Å². The largest absolute Gasteiger partial charge is 0.506 e. The van der Waals surface area contributed by atoms with Crippen LogP contribution in [-0.2, 0) is 10.9 Å². The number of pyridine rings is 1. The highest BCUT2D eigenvalue weighted by molar-refractivity contribution is 5.89. The van der Waals surface area contributed by atoms with Crippen molar-refractivity contribution < 1.29 is 27.8 Å². The molecule has 1 N–H and O–H groups in total. The Morgan fingerprint density at radius 3 is 2.69 bits per heavy atom. The number of carbonyl (C=O) groups is 1. The van der Waals surface area contributed by atoms with Gasteiger partial charge in [0, 0.05) is 0 Å². The number of aromatic nitrogens is 1. The Hall–Kier alpha value is -1.79. The second-order valence-corrected chi connectivity index (χ2v) is 2.81. The number of hydrogen-bond donors (Lipinski definition) is 1. The predicted octanol–water partition coefficient (Wildman–Crippen LogP) is 1.98. The number of nitrogens with zero attached hydrogens (tertiary/aromatic N) is 1. The van der Waals surface area contributed by atoms with Crippen molar-refractivity contribution in [1.29, 1.82) is 0 Å². The Balaban J connectivity index is 3.23. The van der Waals surface area contributed by atoms with E-state index >= 15 is 0 Å². The molecule has 0 aliphatic carbocycles. The summed E-state index contributed by atoms with van der Waals surface area (Å²) in [5.41, 5.74) is -2.17. The number of aromatic hydroxyl groups is 1. The van der Waals surface area contributed by atoms with Crippen molar-refractivity contribution in [3.63, 3.8) is 0 Å². The summed E-state index contributed by atoms with van der Waals surface area (Å²) in [4.78, 5) is 14.4. The lowest BCUT2D eigenvalue weighted by Gasteiger charge is -2.10. The van der Waals surface area contributed by atoms with Crippen LogP contribution >= 0.6 is 0 Å². The summed E-state index contributed by atoms with van der Waals surface area (Å²) in [5, 5.41) is 8.90. The SMILES string of the molecule is CCOC(=O)c1ncc(O)cc1C(F)(F)F. The monoisotopic (exact) mass is 235 g/mol. The van der Waals surface area contributed by atoms with Crippen molar-refractivity contribution in [3.8, 4) is 5.75 Å². The lowest BCUT2D eigenvalue weighted by molar-refractivity contribution is -0.138. The molecule has 1 aromatic rings. The highest BCUT2D eigenvalue weighted by Gasteiger charge is 2.37. The summed E-state index contributed by atoms with van der Waals surface area (Å²) in [6.07, 6.45) is -4.02. The Morgan fingerprint density at radius 2 is 2.19 bits per heavy atom. The topological polar surface area (TPSA) is 59.4 Å². The van der Waals surface area contributed by atoms with Gasteiger partial charge in [0.25, 0.3) is 0 Å². The van der Waals surface area contributed by atoms with Crippen LogP contribution in [0.1, 0.15) is 23.0 Å². The average Bonchev–Trinajstić information content (AvgIpc) is 2.16. The minimum Gasteiger partial charge on any atom is -0.506 e. The summed E-state index contributed by atoms with van der Waals surface area (Å²) in [5.74, 6) is -1.84. The van der Waals surface area contributed by atoms with Crippen LogP contribution in [0, 0.1) is 0 Å². The standard InChI is InChI=1S/C9H8F3NO3/c1-2-16-8(15)7-6(9(10,11)12)3-5(14)4-13-7/h3-4,14H,2H2,1H3. The average molecular weight is 235 g/mol. The Morgan fingerprint density at radius 1 is 1.56 bits per heavy atom. The normalized spacial score (nSPS) is 11.2. The molecular formula is C9H8F3NO3. The van der Waals surface area contributed by atoms with Crippen molar-refractivity contribution in [2.75, 3.05) is 6.61 Å². The summed E-state index contributed by atoms with van der Waals surface area (Å²) < 4.78 is 41.8. The molecule has 0 amide bonds. The first kappa shape index (κ1) is 12.3. The van der Waals surface area contributed by atoms with E-state index < -0.39 is 29.2 Å². The van der Waals surface area contributed by atoms with Crippen LogP contribution in [0.3, 0.4) is 0 Å². The number of alkyl halides is 3. The van der Waals surface area contributed by atoms with E-state index in [9.17, 15) is 18.0 Å². The van der Waals surface area contributed by atoms with Crippen LogP contribution in [0.5, 0.6) is 5.75 Å². The van der Waals surface area contributed by atoms with E-state index in [1.165, 1.54) is 6.92 Å². The van der Waals surface area contributed by atoms with Gasteiger partial charge in [0.1, 0.15) is 5.75 Å².